The molecule has 0 unspecified atom stereocenters. The number of alkyl halides is 5. The van der Waals surface area contributed by atoms with Gasteiger partial charge in [0.05, 0.1) is 18.2 Å². The van der Waals surface area contributed by atoms with E-state index in [0.29, 0.717) is 6.42 Å². The van der Waals surface area contributed by atoms with Crippen LogP contribution in [0.4, 0.5) is 22.0 Å². The molecule has 2 fully saturated rings. The summed E-state index contributed by atoms with van der Waals surface area (Å²) in [5, 5.41) is 3.48. The van der Waals surface area contributed by atoms with Crippen LogP contribution in [0.1, 0.15) is 42.3 Å². The predicted octanol–water partition coefficient (Wildman–Crippen LogP) is 5.98. The minimum absolute atomic E-state index is 0. The summed E-state index contributed by atoms with van der Waals surface area (Å²) in [5.41, 5.74) is 0.671. The molecule has 2 aliphatic rings. The first-order valence-electron chi connectivity index (χ1n) is 10.0. The Morgan fingerprint density at radius 1 is 1.09 bits per heavy atom. The number of hydrogen-bond donors (Lipinski definition) is 1. The average Bonchev–Trinajstić information content (AvgIpc) is 3.12. The Kier molecular flexibility index (Phi) is 7.52. The van der Waals surface area contributed by atoms with Crippen molar-refractivity contribution in [3.63, 3.8) is 0 Å². The molecule has 2 aliphatic heterocycles. The van der Waals surface area contributed by atoms with Gasteiger partial charge in [0.1, 0.15) is 11.5 Å². The lowest BCUT2D eigenvalue weighted by molar-refractivity contribution is -0.274. The SMILES string of the molecule is Cl.FC(F)Oc1ccc(OC(F)(F)F)cc1[C@H]1CO[C@]2(CCCN[C@H]2c2ccccc2)C1. The van der Waals surface area contributed by atoms with E-state index in [9.17, 15) is 22.0 Å². The molecule has 1 N–H and O–H groups in total. The van der Waals surface area contributed by atoms with E-state index in [-0.39, 0.29) is 36.4 Å². The van der Waals surface area contributed by atoms with Crippen LogP contribution in [-0.2, 0) is 4.74 Å². The van der Waals surface area contributed by atoms with E-state index in [2.05, 4.69) is 14.8 Å². The molecule has 2 saturated heterocycles. The summed E-state index contributed by atoms with van der Waals surface area (Å²) in [6, 6.07) is 12.8. The van der Waals surface area contributed by atoms with E-state index in [4.69, 9.17) is 4.74 Å². The van der Waals surface area contributed by atoms with E-state index in [1.54, 1.807) is 0 Å². The minimum atomic E-state index is -4.89. The highest BCUT2D eigenvalue weighted by Gasteiger charge is 2.49. The summed E-state index contributed by atoms with van der Waals surface area (Å²) in [6.07, 6.45) is -2.82. The molecule has 0 saturated carbocycles. The third-order valence-corrected chi connectivity index (χ3v) is 5.82. The molecule has 32 heavy (non-hydrogen) atoms. The third kappa shape index (κ3) is 5.44. The first kappa shape index (κ1) is 24.5. The van der Waals surface area contributed by atoms with Gasteiger partial charge >= 0.3 is 13.0 Å². The average molecular weight is 480 g/mol. The highest BCUT2D eigenvalue weighted by atomic mass is 35.5. The van der Waals surface area contributed by atoms with Crippen LogP contribution in [0.5, 0.6) is 11.5 Å². The molecule has 2 heterocycles. The lowest BCUT2D eigenvalue weighted by Gasteiger charge is -2.41. The molecule has 1 spiro atoms. The van der Waals surface area contributed by atoms with Crippen LogP contribution in [0.15, 0.2) is 48.5 Å². The van der Waals surface area contributed by atoms with Crippen molar-refractivity contribution < 1.29 is 36.2 Å². The number of halogens is 6. The Labute approximate surface area is 188 Å². The topological polar surface area (TPSA) is 39.7 Å². The first-order chi connectivity index (χ1) is 14.8. The summed E-state index contributed by atoms with van der Waals surface area (Å²) < 4.78 is 78.7. The normalized spacial score (nSPS) is 25.6. The van der Waals surface area contributed by atoms with Crippen molar-refractivity contribution in [2.75, 3.05) is 13.2 Å². The van der Waals surface area contributed by atoms with Crippen molar-refractivity contribution in [3.05, 3.63) is 59.7 Å². The molecule has 10 heteroatoms. The zero-order valence-corrected chi connectivity index (χ0v) is 17.7. The van der Waals surface area contributed by atoms with Crippen molar-refractivity contribution in [2.45, 2.75) is 49.8 Å². The van der Waals surface area contributed by atoms with E-state index in [0.717, 1.165) is 43.1 Å². The molecule has 0 radical (unpaired) electrons. The van der Waals surface area contributed by atoms with Gasteiger partial charge in [-0.25, -0.2) is 0 Å². The molecule has 3 atom stereocenters. The van der Waals surface area contributed by atoms with E-state index in [1.165, 1.54) is 0 Å². The maximum atomic E-state index is 12.9. The third-order valence-electron chi connectivity index (χ3n) is 5.82. The number of ether oxygens (including phenoxy) is 3. The van der Waals surface area contributed by atoms with Crippen LogP contribution < -0.4 is 14.8 Å². The van der Waals surface area contributed by atoms with Gasteiger partial charge in [-0.05, 0) is 49.6 Å². The Morgan fingerprint density at radius 2 is 1.84 bits per heavy atom. The number of hydrogen-bond acceptors (Lipinski definition) is 4. The van der Waals surface area contributed by atoms with Crippen LogP contribution in [-0.4, -0.2) is 31.7 Å². The Morgan fingerprint density at radius 3 is 2.53 bits per heavy atom. The van der Waals surface area contributed by atoms with Gasteiger partial charge in [0.2, 0.25) is 0 Å². The predicted molar refractivity (Wildman–Crippen MR) is 109 cm³/mol. The zero-order chi connectivity index (χ0) is 22.1. The second-order valence-corrected chi connectivity index (χ2v) is 7.80. The van der Waals surface area contributed by atoms with Gasteiger partial charge in [0.15, 0.2) is 0 Å². The Hall–Kier alpha value is -2.10. The van der Waals surface area contributed by atoms with Crippen LogP contribution in [0.3, 0.4) is 0 Å². The zero-order valence-electron chi connectivity index (χ0n) is 16.9. The number of rotatable bonds is 5. The fraction of sp³-hybridized carbons (Fsp3) is 0.455. The monoisotopic (exact) mass is 479 g/mol. The van der Waals surface area contributed by atoms with Crippen molar-refractivity contribution in [2.24, 2.45) is 0 Å². The van der Waals surface area contributed by atoms with Crippen molar-refractivity contribution in [3.8, 4) is 11.5 Å². The van der Waals surface area contributed by atoms with Crippen molar-refractivity contribution >= 4 is 12.4 Å². The fourth-order valence-corrected chi connectivity index (χ4v) is 4.65. The molecule has 0 aromatic heterocycles. The number of piperidine rings is 1. The van der Waals surface area contributed by atoms with Gasteiger partial charge < -0.3 is 19.5 Å². The molecule has 2 aromatic rings. The number of nitrogens with one attached hydrogen (secondary N) is 1. The van der Waals surface area contributed by atoms with Gasteiger partial charge in [-0.2, -0.15) is 8.78 Å². The summed E-state index contributed by atoms with van der Waals surface area (Å²) in [6.45, 7) is -2.11. The molecule has 0 amide bonds. The van der Waals surface area contributed by atoms with Gasteiger partial charge in [-0.1, -0.05) is 30.3 Å². The van der Waals surface area contributed by atoms with Crippen molar-refractivity contribution in [1.82, 2.24) is 5.32 Å². The summed E-state index contributed by atoms with van der Waals surface area (Å²) in [7, 11) is 0. The molecular formula is C22H23ClF5NO3. The molecule has 0 bridgehead atoms. The maximum absolute atomic E-state index is 12.9. The molecule has 0 aliphatic carbocycles. The Balaban J connectivity index is 0.00000289. The van der Waals surface area contributed by atoms with Crippen LogP contribution in [0.25, 0.3) is 0 Å². The standard InChI is InChI=1S/C22H22F5NO3.ClH/c23-20(24)30-18-8-7-16(31-22(25,26)27)11-17(18)15-12-21(29-13-15)9-4-10-28-19(21)14-5-2-1-3-6-14;/h1-3,5-8,11,15,19-20,28H,4,9-10,12-13H2;1H/t15-,19+,21-;/m1./s1. The van der Waals surface area contributed by atoms with Gasteiger partial charge in [0.25, 0.3) is 0 Å². The highest BCUT2D eigenvalue weighted by Crippen LogP contribution is 2.50. The van der Waals surface area contributed by atoms with Gasteiger partial charge in [-0.3, -0.25) is 0 Å². The molecular weight excluding hydrogens is 457 g/mol. The summed E-state index contributed by atoms with van der Waals surface area (Å²) in [5.74, 6) is -1.07. The second kappa shape index (κ2) is 9.80. The maximum Gasteiger partial charge on any atom is 0.573 e. The lowest BCUT2D eigenvalue weighted by atomic mass is 9.77. The summed E-state index contributed by atoms with van der Waals surface area (Å²) >= 11 is 0. The minimum Gasteiger partial charge on any atom is -0.435 e. The first-order valence-corrected chi connectivity index (χ1v) is 10.0. The van der Waals surface area contributed by atoms with E-state index >= 15 is 0 Å². The van der Waals surface area contributed by atoms with Gasteiger partial charge in [-0.15, -0.1) is 25.6 Å². The van der Waals surface area contributed by atoms with E-state index < -0.39 is 30.2 Å². The molecule has 4 rings (SSSR count). The lowest BCUT2D eigenvalue weighted by Crippen LogP contribution is -2.48. The number of benzene rings is 2. The van der Waals surface area contributed by atoms with Crippen molar-refractivity contribution in [1.29, 1.82) is 0 Å². The fourth-order valence-electron chi connectivity index (χ4n) is 4.65. The highest BCUT2D eigenvalue weighted by molar-refractivity contribution is 5.85. The largest absolute Gasteiger partial charge is 0.573 e. The van der Waals surface area contributed by atoms with Gasteiger partial charge in [0, 0.05) is 11.5 Å². The second-order valence-electron chi connectivity index (χ2n) is 7.80. The smallest absolute Gasteiger partial charge is 0.435 e. The van der Waals surface area contributed by atoms with E-state index in [1.807, 2.05) is 30.3 Å². The molecule has 2 aromatic carbocycles. The van der Waals surface area contributed by atoms with Crippen LogP contribution >= 0.6 is 12.4 Å². The summed E-state index contributed by atoms with van der Waals surface area (Å²) in [4.78, 5) is 0. The molecule has 4 nitrogen and oxygen atoms in total. The Bertz CT molecular complexity index is 899. The molecule has 176 valence electrons. The quantitative estimate of drug-likeness (QED) is 0.536. The van der Waals surface area contributed by atoms with Crippen LogP contribution in [0.2, 0.25) is 0 Å². The van der Waals surface area contributed by atoms with Crippen LogP contribution in [0, 0.1) is 0 Å².